The Morgan fingerprint density at radius 3 is 2.25 bits per heavy atom. The molecule has 1 saturated heterocycles. The van der Waals surface area contributed by atoms with E-state index in [1.165, 1.54) is 0 Å². The molecule has 16 heavy (non-hydrogen) atoms. The quantitative estimate of drug-likeness (QED) is 0.779. The largest absolute Gasteiger partial charge is 0.389 e. The summed E-state index contributed by atoms with van der Waals surface area (Å²) in [4.78, 5) is 2.34. The number of rotatable bonds is 5. The van der Waals surface area contributed by atoms with Crippen molar-refractivity contribution in [3.8, 4) is 0 Å². The summed E-state index contributed by atoms with van der Waals surface area (Å²) in [6.45, 7) is 12.4. The third-order valence-electron chi connectivity index (χ3n) is 3.59. The number of methoxy groups -OCH3 is 1. The highest BCUT2D eigenvalue weighted by Gasteiger charge is 2.38. The molecule has 1 unspecified atom stereocenters. The number of hydrogen-bond donors (Lipinski definition) is 1. The van der Waals surface area contributed by atoms with E-state index in [9.17, 15) is 5.11 Å². The minimum absolute atomic E-state index is 0.398. The Hall–Kier alpha value is -0.120. The molecule has 1 aliphatic heterocycles. The van der Waals surface area contributed by atoms with Crippen LogP contribution in [0.4, 0.5) is 0 Å². The average Bonchev–Trinajstić information content (AvgIpc) is 2.05. The first-order chi connectivity index (χ1) is 7.24. The summed E-state index contributed by atoms with van der Waals surface area (Å²) in [6, 6.07) is 0. The lowest BCUT2D eigenvalue weighted by molar-refractivity contribution is -0.0556. The van der Waals surface area contributed by atoms with E-state index in [0.717, 1.165) is 25.6 Å². The third kappa shape index (κ3) is 4.04. The van der Waals surface area contributed by atoms with Crippen molar-refractivity contribution in [3.63, 3.8) is 0 Å². The van der Waals surface area contributed by atoms with Crippen LogP contribution in [0, 0.1) is 11.3 Å². The van der Waals surface area contributed by atoms with Crippen molar-refractivity contribution in [2.24, 2.45) is 11.3 Å². The second kappa shape index (κ2) is 5.03. The van der Waals surface area contributed by atoms with Crippen molar-refractivity contribution in [1.82, 2.24) is 4.90 Å². The molecule has 3 heteroatoms. The van der Waals surface area contributed by atoms with Crippen LogP contribution in [0.5, 0.6) is 0 Å². The van der Waals surface area contributed by atoms with E-state index in [1.54, 1.807) is 7.11 Å². The van der Waals surface area contributed by atoms with Crippen molar-refractivity contribution in [3.05, 3.63) is 0 Å². The first-order valence-corrected chi connectivity index (χ1v) is 6.18. The van der Waals surface area contributed by atoms with E-state index in [1.807, 2.05) is 6.92 Å². The third-order valence-corrected chi connectivity index (χ3v) is 3.59. The molecule has 0 bridgehead atoms. The van der Waals surface area contributed by atoms with Crippen LogP contribution in [0.2, 0.25) is 0 Å². The van der Waals surface area contributed by atoms with Gasteiger partial charge in [0.25, 0.3) is 0 Å². The summed E-state index contributed by atoms with van der Waals surface area (Å²) in [5.74, 6) is 0.769. The molecule has 0 saturated carbocycles. The SMILES string of the molecule is COCCC(C)(O)CN1CC(C(C)(C)C)C1. The van der Waals surface area contributed by atoms with Gasteiger partial charge in [-0.05, 0) is 18.3 Å². The summed E-state index contributed by atoms with van der Waals surface area (Å²) in [5.41, 5.74) is -0.215. The van der Waals surface area contributed by atoms with Crippen LogP contribution in [0.1, 0.15) is 34.1 Å². The molecule has 96 valence electrons. The predicted octanol–water partition coefficient (Wildman–Crippen LogP) is 1.75. The van der Waals surface area contributed by atoms with Gasteiger partial charge in [-0.1, -0.05) is 20.8 Å². The second-order valence-corrected chi connectivity index (χ2v) is 6.50. The molecular weight excluding hydrogens is 202 g/mol. The first kappa shape index (κ1) is 13.9. The number of nitrogens with zero attached hydrogens (tertiary/aromatic N) is 1. The Morgan fingerprint density at radius 2 is 1.81 bits per heavy atom. The van der Waals surface area contributed by atoms with Crippen LogP contribution in [-0.4, -0.2) is 49.0 Å². The second-order valence-electron chi connectivity index (χ2n) is 6.50. The Balaban J connectivity index is 2.26. The van der Waals surface area contributed by atoms with Crippen LogP contribution < -0.4 is 0 Å². The van der Waals surface area contributed by atoms with Crippen molar-refractivity contribution in [2.75, 3.05) is 33.4 Å². The van der Waals surface area contributed by atoms with Crippen LogP contribution >= 0.6 is 0 Å². The number of β-amino-alcohol motifs (C(OH)–C–C–N with tert-alkyl or cyclic N) is 1. The van der Waals surface area contributed by atoms with Gasteiger partial charge in [-0.25, -0.2) is 0 Å². The Labute approximate surface area is 99.8 Å². The number of ether oxygens (including phenoxy) is 1. The Bertz CT molecular complexity index is 214. The maximum atomic E-state index is 10.1. The number of aliphatic hydroxyl groups is 1. The molecule has 1 heterocycles. The molecule has 0 aromatic heterocycles. The van der Waals surface area contributed by atoms with Gasteiger partial charge in [0.05, 0.1) is 5.60 Å². The highest BCUT2D eigenvalue weighted by Crippen LogP contribution is 2.34. The molecule has 0 aliphatic carbocycles. The lowest BCUT2D eigenvalue weighted by Crippen LogP contribution is -2.56. The minimum atomic E-state index is -0.612. The van der Waals surface area contributed by atoms with Crippen LogP contribution in [-0.2, 0) is 4.74 Å². The van der Waals surface area contributed by atoms with E-state index in [-0.39, 0.29) is 0 Å². The van der Waals surface area contributed by atoms with Crippen molar-refractivity contribution < 1.29 is 9.84 Å². The van der Waals surface area contributed by atoms with Crippen LogP contribution in [0.3, 0.4) is 0 Å². The molecule has 0 aromatic carbocycles. The van der Waals surface area contributed by atoms with Gasteiger partial charge in [0.15, 0.2) is 0 Å². The first-order valence-electron chi connectivity index (χ1n) is 6.18. The summed E-state index contributed by atoms with van der Waals surface area (Å²) in [6.07, 6.45) is 0.709. The van der Waals surface area contributed by atoms with E-state index < -0.39 is 5.60 Å². The molecule has 1 fully saturated rings. The van der Waals surface area contributed by atoms with Crippen LogP contribution in [0.25, 0.3) is 0 Å². The molecular formula is C13H27NO2. The average molecular weight is 229 g/mol. The molecule has 3 nitrogen and oxygen atoms in total. The van der Waals surface area contributed by atoms with Gasteiger partial charge in [-0.15, -0.1) is 0 Å². The zero-order valence-electron chi connectivity index (χ0n) is 11.4. The topological polar surface area (TPSA) is 32.7 Å². The van der Waals surface area contributed by atoms with Gasteiger partial charge >= 0.3 is 0 Å². The van der Waals surface area contributed by atoms with E-state index in [4.69, 9.17) is 4.74 Å². The zero-order valence-corrected chi connectivity index (χ0v) is 11.4. The van der Waals surface area contributed by atoms with Gasteiger partial charge in [0.1, 0.15) is 0 Å². The number of likely N-dealkylation sites (tertiary alicyclic amines) is 1. The highest BCUT2D eigenvalue weighted by atomic mass is 16.5. The summed E-state index contributed by atoms with van der Waals surface area (Å²) >= 11 is 0. The fourth-order valence-corrected chi connectivity index (χ4v) is 2.13. The minimum Gasteiger partial charge on any atom is -0.389 e. The molecule has 0 radical (unpaired) electrons. The molecule has 0 amide bonds. The lowest BCUT2D eigenvalue weighted by Gasteiger charge is -2.48. The molecule has 1 aliphatic rings. The smallest absolute Gasteiger partial charge is 0.0768 e. The molecule has 0 aromatic rings. The maximum Gasteiger partial charge on any atom is 0.0768 e. The Morgan fingerprint density at radius 1 is 1.25 bits per heavy atom. The molecule has 1 rings (SSSR count). The normalized spacial score (nSPS) is 22.9. The monoisotopic (exact) mass is 229 g/mol. The Kier molecular flexibility index (Phi) is 4.38. The summed E-state index contributed by atoms with van der Waals surface area (Å²) in [7, 11) is 1.68. The number of hydrogen-bond acceptors (Lipinski definition) is 3. The fraction of sp³-hybridized carbons (Fsp3) is 1.00. The van der Waals surface area contributed by atoms with Crippen LogP contribution in [0.15, 0.2) is 0 Å². The maximum absolute atomic E-state index is 10.1. The molecule has 1 atom stereocenters. The van der Waals surface area contributed by atoms with E-state index >= 15 is 0 Å². The zero-order chi connectivity index (χ0) is 12.4. The predicted molar refractivity (Wildman–Crippen MR) is 66.5 cm³/mol. The van der Waals surface area contributed by atoms with Gasteiger partial charge in [-0.3, -0.25) is 4.90 Å². The lowest BCUT2D eigenvalue weighted by atomic mass is 9.75. The standard InChI is InChI=1S/C13H27NO2/c1-12(2,3)11-8-14(9-11)10-13(4,15)6-7-16-5/h11,15H,6-10H2,1-5H3. The van der Waals surface area contributed by atoms with Gasteiger partial charge in [0, 0.05) is 39.8 Å². The van der Waals surface area contributed by atoms with Crippen molar-refractivity contribution in [1.29, 1.82) is 0 Å². The van der Waals surface area contributed by atoms with Crippen molar-refractivity contribution in [2.45, 2.75) is 39.7 Å². The van der Waals surface area contributed by atoms with E-state index in [0.29, 0.717) is 18.4 Å². The van der Waals surface area contributed by atoms with E-state index in [2.05, 4.69) is 25.7 Å². The summed E-state index contributed by atoms with van der Waals surface area (Å²) < 4.78 is 5.01. The summed E-state index contributed by atoms with van der Waals surface area (Å²) in [5, 5.41) is 10.1. The van der Waals surface area contributed by atoms with Crippen molar-refractivity contribution >= 4 is 0 Å². The highest BCUT2D eigenvalue weighted by molar-refractivity contribution is 4.91. The molecule has 0 spiro atoms. The van der Waals surface area contributed by atoms with Gasteiger partial charge in [0.2, 0.25) is 0 Å². The molecule has 1 N–H and O–H groups in total. The van der Waals surface area contributed by atoms with Gasteiger partial charge in [-0.2, -0.15) is 0 Å². The van der Waals surface area contributed by atoms with Gasteiger partial charge < -0.3 is 9.84 Å². The fourth-order valence-electron chi connectivity index (χ4n) is 2.13.